The molecule has 0 saturated heterocycles. The van der Waals surface area contributed by atoms with E-state index in [2.05, 4.69) is 16.2 Å². The van der Waals surface area contributed by atoms with Crippen LogP contribution < -0.4 is 16.2 Å². The lowest BCUT2D eigenvalue weighted by atomic mass is 9.79. The van der Waals surface area contributed by atoms with Gasteiger partial charge in [-0.1, -0.05) is 43.2 Å². The van der Waals surface area contributed by atoms with Crippen molar-refractivity contribution in [3.8, 4) is 0 Å². The number of rotatable bonds is 7. The van der Waals surface area contributed by atoms with Crippen LogP contribution in [0.4, 0.5) is 0 Å². The van der Waals surface area contributed by atoms with Crippen molar-refractivity contribution in [2.75, 3.05) is 0 Å². The molecule has 2 atom stereocenters. The Morgan fingerprint density at radius 1 is 0.889 bits per heavy atom. The predicted molar refractivity (Wildman–Crippen MR) is 96.9 cm³/mol. The molecule has 0 aromatic heterocycles. The van der Waals surface area contributed by atoms with E-state index in [9.17, 15) is 24.3 Å². The van der Waals surface area contributed by atoms with Crippen LogP contribution in [0.25, 0.3) is 0 Å². The first-order valence-electron chi connectivity index (χ1n) is 9.09. The zero-order valence-electron chi connectivity index (χ0n) is 15.1. The monoisotopic (exact) mass is 375 g/mol. The molecule has 0 aliphatic heterocycles. The molecule has 1 aliphatic carbocycles. The standard InChI is InChI=1S/C19H25N3O5/c23-16(20-12-13-6-2-1-3-7-13)10-11-17(24)21-22-18(25)14-8-4-5-9-15(14)19(26)27/h1-3,6-7,14-15H,4-5,8-12H2,(H,20,23)(H,21,24)(H,22,25)(H,26,27)/t14?,15-/m0/s1. The first-order chi connectivity index (χ1) is 13.0. The first-order valence-corrected chi connectivity index (χ1v) is 9.09. The van der Waals surface area contributed by atoms with E-state index >= 15 is 0 Å². The molecule has 0 bridgehead atoms. The van der Waals surface area contributed by atoms with Gasteiger partial charge in [-0.05, 0) is 18.4 Å². The normalized spacial score (nSPS) is 19.0. The van der Waals surface area contributed by atoms with E-state index in [1.165, 1.54) is 0 Å². The molecule has 0 heterocycles. The summed E-state index contributed by atoms with van der Waals surface area (Å²) in [7, 11) is 0. The van der Waals surface area contributed by atoms with Gasteiger partial charge in [-0.3, -0.25) is 30.0 Å². The third kappa shape index (κ3) is 6.73. The SMILES string of the molecule is O=C(CCC(=O)NNC(=O)C1CCCC[C@@H]1C(=O)O)NCc1ccccc1. The third-order valence-electron chi connectivity index (χ3n) is 4.66. The Kier molecular flexibility index (Phi) is 7.79. The van der Waals surface area contributed by atoms with E-state index in [-0.39, 0.29) is 18.7 Å². The number of nitrogens with one attached hydrogen (secondary N) is 3. The van der Waals surface area contributed by atoms with E-state index in [1.807, 2.05) is 30.3 Å². The smallest absolute Gasteiger partial charge is 0.307 e. The Hall–Kier alpha value is -2.90. The fourth-order valence-electron chi connectivity index (χ4n) is 3.14. The van der Waals surface area contributed by atoms with Gasteiger partial charge in [0, 0.05) is 19.4 Å². The van der Waals surface area contributed by atoms with Gasteiger partial charge in [-0.2, -0.15) is 0 Å². The van der Waals surface area contributed by atoms with Gasteiger partial charge in [0.2, 0.25) is 17.7 Å². The number of carboxylic acid groups (broad SMARTS) is 1. The zero-order valence-corrected chi connectivity index (χ0v) is 15.1. The van der Waals surface area contributed by atoms with Crippen molar-refractivity contribution < 1.29 is 24.3 Å². The Morgan fingerprint density at radius 2 is 1.52 bits per heavy atom. The molecule has 1 aromatic rings. The number of carbonyl (C=O) groups excluding carboxylic acids is 3. The molecule has 8 nitrogen and oxygen atoms in total. The summed E-state index contributed by atoms with van der Waals surface area (Å²) < 4.78 is 0. The maximum Gasteiger partial charge on any atom is 0.307 e. The lowest BCUT2D eigenvalue weighted by molar-refractivity contribution is -0.149. The van der Waals surface area contributed by atoms with Crippen LogP contribution in [0.15, 0.2) is 30.3 Å². The van der Waals surface area contributed by atoms with Gasteiger partial charge in [0.1, 0.15) is 0 Å². The van der Waals surface area contributed by atoms with E-state index < -0.39 is 29.6 Å². The second-order valence-electron chi connectivity index (χ2n) is 6.64. The highest BCUT2D eigenvalue weighted by atomic mass is 16.4. The van der Waals surface area contributed by atoms with Crippen molar-refractivity contribution in [2.24, 2.45) is 11.8 Å². The Morgan fingerprint density at radius 3 is 2.19 bits per heavy atom. The average molecular weight is 375 g/mol. The molecule has 8 heteroatoms. The molecule has 0 spiro atoms. The van der Waals surface area contributed by atoms with Gasteiger partial charge in [-0.25, -0.2) is 0 Å². The number of amides is 3. The number of hydrazine groups is 1. The summed E-state index contributed by atoms with van der Waals surface area (Å²) in [5.41, 5.74) is 5.50. The molecule has 1 fully saturated rings. The van der Waals surface area contributed by atoms with Crippen molar-refractivity contribution in [3.05, 3.63) is 35.9 Å². The number of aliphatic carboxylic acids is 1. The summed E-state index contributed by atoms with van der Waals surface area (Å²) in [4.78, 5) is 47.0. The highest BCUT2D eigenvalue weighted by Gasteiger charge is 2.35. The number of carboxylic acids is 1. The Balaban J connectivity index is 1.67. The molecule has 4 N–H and O–H groups in total. The summed E-state index contributed by atoms with van der Waals surface area (Å²) >= 11 is 0. The van der Waals surface area contributed by atoms with E-state index in [1.54, 1.807) is 0 Å². The van der Waals surface area contributed by atoms with Gasteiger partial charge < -0.3 is 10.4 Å². The van der Waals surface area contributed by atoms with Crippen molar-refractivity contribution in [1.82, 2.24) is 16.2 Å². The van der Waals surface area contributed by atoms with Crippen LogP contribution in [-0.2, 0) is 25.7 Å². The molecular weight excluding hydrogens is 350 g/mol. The van der Waals surface area contributed by atoms with Gasteiger partial charge in [0.25, 0.3) is 0 Å². The minimum absolute atomic E-state index is 0.00425. The quantitative estimate of drug-likeness (QED) is 0.532. The molecule has 146 valence electrons. The highest BCUT2D eigenvalue weighted by molar-refractivity contribution is 5.88. The fourth-order valence-corrected chi connectivity index (χ4v) is 3.14. The van der Waals surface area contributed by atoms with Crippen molar-refractivity contribution >= 4 is 23.7 Å². The van der Waals surface area contributed by atoms with Crippen molar-refractivity contribution in [3.63, 3.8) is 0 Å². The molecular formula is C19H25N3O5. The summed E-state index contributed by atoms with van der Waals surface area (Å²) in [5, 5.41) is 11.9. The van der Waals surface area contributed by atoms with E-state index in [0.29, 0.717) is 19.4 Å². The second-order valence-corrected chi connectivity index (χ2v) is 6.64. The Bertz CT molecular complexity index is 677. The molecule has 1 aromatic carbocycles. The maximum atomic E-state index is 12.1. The van der Waals surface area contributed by atoms with Crippen LogP contribution >= 0.6 is 0 Å². The Labute approximate surface area is 157 Å². The second kappa shape index (κ2) is 10.3. The van der Waals surface area contributed by atoms with E-state index in [4.69, 9.17) is 0 Å². The zero-order chi connectivity index (χ0) is 19.6. The number of hydrogen-bond donors (Lipinski definition) is 4. The molecule has 3 amide bonds. The minimum atomic E-state index is -0.990. The molecule has 0 radical (unpaired) electrons. The van der Waals surface area contributed by atoms with Gasteiger partial charge >= 0.3 is 5.97 Å². The van der Waals surface area contributed by atoms with Crippen LogP contribution in [0.1, 0.15) is 44.1 Å². The van der Waals surface area contributed by atoms with Gasteiger partial charge in [0.05, 0.1) is 11.8 Å². The largest absolute Gasteiger partial charge is 0.481 e. The number of benzene rings is 1. The average Bonchev–Trinajstić information content (AvgIpc) is 2.69. The number of carbonyl (C=O) groups is 4. The molecule has 1 unspecified atom stereocenters. The fraction of sp³-hybridized carbons (Fsp3) is 0.474. The first kappa shape index (κ1) is 20.4. The summed E-state index contributed by atoms with van der Waals surface area (Å²) in [5.74, 6) is -3.62. The number of hydrogen-bond acceptors (Lipinski definition) is 4. The minimum Gasteiger partial charge on any atom is -0.481 e. The van der Waals surface area contributed by atoms with Crippen molar-refractivity contribution in [2.45, 2.75) is 45.1 Å². The van der Waals surface area contributed by atoms with Crippen LogP contribution in [-0.4, -0.2) is 28.8 Å². The summed E-state index contributed by atoms with van der Waals surface area (Å²) in [6.45, 7) is 0.385. The lowest BCUT2D eigenvalue weighted by Gasteiger charge is -2.27. The molecule has 1 saturated carbocycles. The van der Waals surface area contributed by atoms with Crippen LogP contribution in [0, 0.1) is 11.8 Å². The highest BCUT2D eigenvalue weighted by Crippen LogP contribution is 2.30. The predicted octanol–water partition coefficient (Wildman–Crippen LogP) is 1.12. The van der Waals surface area contributed by atoms with Crippen molar-refractivity contribution in [1.29, 1.82) is 0 Å². The summed E-state index contributed by atoms with van der Waals surface area (Å²) in [6, 6.07) is 9.41. The van der Waals surface area contributed by atoms with Gasteiger partial charge in [-0.15, -0.1) is 0 Å². The lowest BCUT2D eigenvalue weighted by Crippen LogP contribution is -2.48. The van der Waals surface area contributed by atoms with E-state index in [0.717, 1.165) is 18.4 Å². The maximum absolute atomic E-state index is 12.1. The molecule has 2 rings (SSSR count). The van der Waals surface area contributed by atoms with Crippen LogP contribution in [0.3, 0.4) is 0 Å². The molecule has 1 aliphatic rings. The van der Waals surface area contributed by atoms with Crippen LogP contribution in [0.5, 0.6) is 0 Å². The summed E-state index contributed by atoms with van der Waals surface area (Å²) in [6.07, 6.45) is 2.44. The van der Waals surface area contributed by atoms with Gasteiger partial charge in [0.15, 0.2) is 0 Å². The third-order valence-corrected chi connectivity index (χ3v) is 4.66. The van der Waals surface area contributed by atoms with Crippen LogP contribution in [0.2, 0.25) is 0 Å². The topological polar surface area (TPSA) is 125 Å². The molecule has 27 heavy (non-hydrogen) atoms.